The molecule has 1 atom stereocenters. The first-order valence-electron chi connectivity index (χ1n) is 6.66. The van der Waals surface area contributed by atoms with Crippen LogP contribution in [0.3, 0.4) is 0 Å². The molecule has 0 N–H and O–H groups in total. The van der Waals surface area contributed by atoms with Crippen molar-refractivity contribution in [2.75, 3.05) is 13.2 Å². The fourth-order valence-electron chi connectivity index (χ4n) is 2.35. The molecule has 2 saturated heterocycles. The van der Waals surface area contributed by atoms with Crippen molar-refractivity contribution in [3.63, 3.8) is 0 Å². The fraction of sp³-hybridized carbons (Fsp3) is 0.333. The molecule has 20 heavy (non-hydrogen) atoms. The first-order chi connectivity index (χ1) is 9.74. The van der Waals surface area contributed by atoms with Gasteiger partial charge in [-0.1, -0.05) is 54.3 Å². The second kappa shape index (κ2) is 6.08. The topological polar surface area (TPSA) is 29.5 Å². The summed E-state index contributed by atoms with van der Waals surface area (Å²) in [5.41, 5.74) is 1.02. The van der Waals surface area contributed by atoms with Gasteiger partial charge in [0.05, 0.1) is 17.6 Å². The molecule has 2 aliphatic rings. The van der Waals surface area contributed by atoms with Gasteiger partial charge in [-0.25, -0.2) is 0 Å². The highest BCUT2D eigenvalue weighted by Crippen LogP contribution is 2.33. The Kier molecular flexibility index (Phi) is 4.19. The summed E-state index contributed by atoms with van der Waals surface area (Å²) >= 11 is 6.69. The van der Waals surface area contributed by atoms with Gasteiger partial charge in [-0.3, -0.25) is 9.69 Å². The van der Waals surface area contributed by atoms with Crippen LogP contribution in [0.25, 0.3) is 6.08 Å². The summed E-state index contributed by atoms with van der Waals surface area (Å²) in [7, 11) is 0. The lowest BCUT2D eigenvalue weighted by Gasteiger charge is -2.18. The SMILES string of the molecule is O=C1/C(=C/c2ccccc2)SC(=S)N1CC1CCCO1. The minimum absolute atomic E-state index is 0.000599. The molecule has 2 fully saturated rings. The number of carbonyl (C=O) groups is 1. The summed E-state index contributed by atoms with van der Waals surface area (Å²) in [5, 5.41) is 0. The summed E-state index contributed by atoms with van der Waals surface area (Å²) in [6.07, 6.45) is 4.11. The third-order valence-electron chi connectivity index (χ3n) is 3.38. The van der Waals surface area contributed by atoms with Crippen molar-refractivity contribution in [1.29, 1.82) is 0 Å². The van der Waals surface area contributed by atoms with Crippen LogP contribution in [0, 0.1) is 0 Å². The van der Waals surface area contributed by atoms with Gasteiger partial charge >= 0.3 is 0 Å². The molecule has 1 aromatic rings. The molecular formula is C15H15NO2S2. The van der Waals surface area contributed by atoms with Gasteiger partial charge < -0.3 is 4.74 Å². The number of hydrogen-bond acceptors (Lipinski definition) is 4. The number of ether oxygens (including phenoxy) is 1. The van der Waals surface area contributed by atoms with Crippen molar-refractivity contribution in [1.82, 2.24) is 4.90 Å². The lowest BCUT2D eigenvalue weighted by Crippen LogP contribution is -2.35. The standard InChI is InChI=1S/C15H15NO2S2/c17-14-13(9-11-5-2-1-3-6-11)20-15(19)16(14)10-12-7-4-8-18-12/h1-3,5-6,9,12H,4,7-8,10H2/b13-9-. The first-order valence-corrected chi connectivity index (χ1v) is 7.88. The summed E-state index contributed by atoms with van der Waals surface area (Å²) in [5.74, 6) is -0.000599. The number of hydrogen-bond donors (Lipinski definition) is 0. The number of benzene rings is 1. The van der Waals surface area contributed by atoms with Gasteiger partial charge in [-0.2, -0.15) is 0 Å². The van der Waals surface area contributed by atoms with E-state index in [0.29, 0.717) is 15.8 Å². The van der Waals surface area contributed by atoms with Crippen molar-refractivity contribution >= 4 is 40.3 Å². The van der Waals surface area contributed by atoms with E-state index in [0.717, 1.165) is 25.0 Å². The van der Waals surface area contributed by atoms with Crippen LogP contribution < -0.4 is 0 Å². The highest BCUT2D eigenvalue weighted by atomic mass is 32.2. The predicted octanol–water partition coefficient (Wildman–Crippen LogP) is 3.07. The van der Waals surface area contributed by atoms with Crippen molar-refractivity contribution in [2.24, 2.45) is 0 Å². The molecular weight excluding hydrogens is 290 g/mol. The molecule has 5 heteroatoms. The number of nitrogens with zero attached hydrogens (tertiary/aromatic N) is 1. The largest absolute Gasteiger partial charge is 0.376 e. The maximum Gasteiger partial charge on any atom is 0.266 e. The smallest absolute Gasteiger partial charge is 0.266 e. The number of thiocarbonyl (C=S) groups is 1. The highest BCUT2D eigenvalue weighted by Gasteiger charge is 2.34. The minimum Gasteiger partial charge on any atom is -0.376 e. The van der Waals surface area contributed by atoms with Crippen molar-refractivity contribution in [3.05, 3.63) is 40.8 Å². The molecule has 0 radical (unpaired) electrons. The molecule has 3 nitrogen and oxygen atoms in total. The van der Waals surface area contributed by atoms with Crippen LogP contribution in [0.1, 0.15) is 18.4 Å². The van der Waals surface area contributed by atoms with E-state index in [2.05, 4.69) is 0 Å². The van der Waals surface area contributed by atoms with E-state index in [9.17, 15) is 4.79 Å². The second-order valence-corrected chi connectivity index (χ2v) is 6.51. The van der Waals surface area contributed by atoms with E-state index < -0.39 is 0 Å². The van der Waals surface area contributed by atoms with Crippen molar-refractivity contribution in [3.8, 4) is 0 Å². The lowest BCUT2D eigenvalue weighted by atomic mass is 10.2. The molecule has 0 spiro atoms. The quantitative estimate of drug-likeness (QED) is 0.634. The Morgan fingerprint density at radius 3 is 2.90 bits per heavy atom. The molecule has 3 rings (SSSR count). The molecule has 104 valence electrons. The second-order valence-electron chi connectivity index (χ2n) is 4.84. The number of rotatable bonds is 3. The maximum atomic E-state index is 12.4. The predicted molar refractivity (Wildman–Crippen MR) is 85.3 cm³/mol. The zero-order valence-corrected chi connectivity index (χ0v) is 12.6. The van der Waals surface area contributed by atoms with Gasteiger partial charge in [0, 0.05) is 6.61 Å². The minimum atomic E-state index is -0.000599. The van der Waals surface area contributed by atoms with Crippen LogP contribution in [0.4, 0.5) is 0 Å². The van der Waals surface area contributed by atoms with Crippen LogP contribution in [0.5, 0.6) is 0 Å². The Morgan fingerprint density at radius 1 is 1.40 bits per heavy atom. The van der Waals surface area contributed by atoms with E-state index >= 15 is 0 Å². The average Bonchev–Trinajstić information content (AvgIpc) is 3.05. The molecule has 1 unspecified atom stereocenters. The van der Waals surface area contributed by atoms with Gasteiger partial charge in [0.1, 0.15) is 4.32 Å². The first kappa shape index (κ1) is 13.8. The lowest BCUT2D eigenvalue weighted by molar-refractivity contribution is -0.123. The monoisotopic (exact) mass is 305 g/mol. The molecule has 0 bridgehead atoms. The van der Waals surface area contributed by atoms with Gasteiger partial charge in [0.2, 0.25) is 0 Å². The van der Waals surface area contributed by atoms with Gasteiger partial charge in [-0.05, 0) is 24.5 Å². The summed E-state index contributed by atoms with van der Waals surface area (Å²) in [6, 6.07) is 9.83. The molecule has 0 aromatic heterocycles. The van der Waals surface area contributed by atoms with Crippen LogP contribution in [0.15, 0.2) is 35.2 Å². The molecule has 2 aliphatic heterocycles. The summed E-state index contributed by atoms with van der Waals surface area (Å²) in [6.45, 7) is 1.37. The van der Waals surface area contributed by atoms with Gasteiger partial charge in [0.15, 0.2) is 0 Å². The van der Waals surface area contributed by atoms with Gasteiger partial charge in [-0.15, -0.1) is 0 Å². The van der Waals surface area contributed by atoms with Crippen molar-refractivity contribution in [2.45, 2.75) is 18.9 Å². The van der Waals surface area contributed by atoms with Crippen LogP contribution in [-0.4, -0.2) is 34.4 Å². The van der Waals surface area contributed by atoms with E-state index in [-0.39, 0.29) is 12.0 Å². The zero-order chi connectivity index (χ0) is 13.9. The Bertz CT molecular complexity index is 550. The molecule has 2 heterocycles. The Balaban J connectivity index is 1.74. The summed E-state index contributed by atoms with van der Waals surface area (Å²) < 4.78 is 6.21. The third-order valence-corrected chi connectivity index (χ3v) is 4.76. The Labute approximate surface area is 128 Å². The van der Waals surface area contributed by atoms with E-state index in [4.69, 9.17) is 17.0 Å². The maximum absolute atomic E-state index is 12.4. The van der Waals surface area contributed by atoms with Crippen LogP contribution in [0.2, 0.25) is 0 Å². The van der Waals surface area contributed by atoms with Crippen molar-refractivity contribution < 1.29 is 9.53 Å². The van der Waals surface area contributed by atoms with E-state index in [1.165, 1.54) is 11.8 Å². The Morgan fingerprint density at radius 2 is 2.20 bits per heavy atom. The van der Waals surface area contributed by atoms with Crippen LogP contribution in [-0.2, 0) is 9.53 Å². The molecule has 0 aliphatic carbocycles. The third kappa shape index (κ3) is 2.95. The normalized spacial score (nSPS) is 24.9. The Hall–Kier alpha value is -1.17. The zero-order valence-electron chi connectivity index (χ0n) is 11.0. The fourth-order valence-corrected chi connectivity index (χ4v) is 3.63. The highest BCUT2D eigenvalue weighted by molar-refractivity contribution is 8.26. The molecule has 1 aromatic carbocycles. The van der Waals surface area contributed by atoms with E-state index in [1.807, 2.05) is 36.4 Å². The number of thioether (sulfide) groups is 1. The summed E-state index contributed by atoms with van der Waals surface area (Å²) in [4.78, 5) is 14.8. The van der Waals surface area contributed by atoms with E-state index in [1.54, 1.807) is 4.90 Å². The molecule has 1 amide bonds. The number of amides is 1. The van der Waals surface area contributed by atoms with Crippen LogP contribution >= 0.6 is 24.0 Å². The average molecular weight is 305 g/mol. The number of carbonyl (C=O) groups excluding carboxylic acids is 1. The molecule has 0 saturated carbocycles. The van der Waals surface area contributed by atoms with Gasteiger partial charge in [0.25, 0.3) is 5.91 Å².